The second kappa shape index (κ2) is 3.49. The lowest BCUT2D eigenvalue weighted by Crippen LogP contribution is -2.23. The first-order valence-electron chi connectivity index (χ1n) is 4.49. The number of alkyl carbamates (subject to hydrolysis) is 1. The van der Waals surface area contributed by atoms with Crippen LogP contribution in [0.2, 0.25) is 0 Å². The van der Waals surface area contributed by atoms with E-state index < -0.39 is 23.8 Å². The van der Waals surface area contributed by atoms with Gasteiger partial charge in [0.1, 0.15) is 17.7 Å². The van der Waals surface area contributed by atoms with Crippen LogP contribution >= 0.6 is 0 Å². The molecule has 5 heteroatoms. The highest BCUT2D eigenvalue weighted by Crippen LogP contribution is 2.27. The van der Waals surface area contributed by atoms with E-state index in [-0.39, 0.29) is 6.04 Å². The van der Waals surface area contributed by atoms with Gasteiger partial charge in [-0.15, -0.1) is 0 Å². The first-order chi connectivity index (χ1) is 7.06. The fraction of sp³-hybridized carbons (Fsp3) is 0.300. The zero-order chi connectivity index (χ0) is 11.0. The van der Waals surface area contributed by atoms with E-state index in [1.807, 2.05) is 0 Å². The van der Waals surface area contributed by atoms with E-state index in [1.165, 1.54) is 0 Å². The summed E-state index contributed by atoms with van der Waals surface area (Å²) in [4.78, 5) is 10.9. The van der Waals surface area contributed by atoms with Crippen molar-refractivity contribution in [3.05, 3.63) is 35.4 Å². The maximum Gasteiger partial charge on any atom is 0.408 e. The van der Waals surface area contributed by atoms with Crippen LogP contribution in [0.15, 0.2) is 18.2 Å². The van der Waals surface area contributed by atoms with Gasteiger partial charge in [-0.3, -0.25) is 0 Å². The van der Waals surface area contributed by atoms with Gasteiger partial charge in [0.05, 0.1) is 6.04 Å². The van der Waals surface area contributed by atoms with Crippen LogP contribution < -0.4 is 5.32 Å². The summed E-state index contributed by atoms with van der Waals surface area (Å²) in [5, 5.41) is 2.50. The molecule has 1 amide bonds. The van der Waals surface area contributed by atoms with Crippen LogP contribution in [0, 0.1) is 11.6 Å². The van der Waals surface area contributed by atoms with Gasteiger partial charge < -0.3 is 10.1 Å². The van der Waals surface area contributed by atoms with Crippen molar-refractivity contribution in [2.24, 2.45) is 0 Å². The van der Waals surface area contributed by atoms with Crippen molar-refractivity contribution in [2.75, 3.05) is 0 Å². The van der Waals surface area contributed by atoms with Crippen LogP contribution in [0.5, 0.6) is 0 Å². The van der Waals surface area contributed by atoms with E-state index >= 15 is 0 Å². The Hall–Kier alpha value is -1.65. The van der Waals surface area contributed by atoms with Gasteiger partial charge in [0, 0.05) is 11.6 Å². The Morgan fingerprint density at radius 1 is 1.27 bits per heavy atom. The van der Waals surface area contributed by atoms with Crippen LogP contribution in [0.25, 0.3) is 0 Å². The Balaban J connectivity index is 2.33. The average molecular weight is 213 g/mol. The summed E-state index contributed by atoms with van der Waals surface area (Å²) in [6, 6.07) is 2.80. The third-order valence-corrected chi connectivity index (χ3v) is 2.25. The fourth-order valence-electron chi connectivity index (χ4n) is 1.61. The summed E-state index contributed by atoms with van der Waals surface area (Å²) in [7, 11) is 0. The smallest absolute Gasteiger partial charge is 0.408 e. The highest BCUT2D eigenvalue weighted by molar-refractivity contribution is 5.70. The number of carbonyl (C=O) groups excluding carboxylic acids is 1. The zero-order valence-electron chi connectivity index (χ0n) is 7.96. The number of rotatable bonds is 1. The van der Waals surface area contributed by atoms with Crippen LogP contribution in [0.1, 0.15) is 18.6 Å². The summed E-state index contributed by atoms with van der Waals surface area (Å²) in [6.07, 6.45) is -1.21. The Bertz CT molecular complexity index is 388. The second-order valence-corrected chi connectivity index (χ2v) is 3.46. The highest BCUT2D eigenvalue weighted by atomic mass is 19.1. The number of benzene rings is 1. The molecule has 1 aliphatic heterocycles. The molecule has 80 valence electrons. The van der Waals surface area contributed by atoms with Crippen molar-refractivity contribution in [2.45, 2.75) is 19.1 Å². The molecule has 2 rings (SSSR count). The number of halogens is 2. The number of hydrogen-bond acceptors (Lipinski definition) is 2. The Labute approximate surface area is 85.0 Å². The number of cyclic esters (lactones) is 1. The van der Waals surface area contributed by atoms with Gasteiger partial charge >= 0.3 is 6.09 Å². The Morgan fingerprint density at radius 3 is 2.33 bits per heavy atom. The Morgan fingerprint density at radius 2 is 1.87 bits per heavy atom. The molecule has 1 aliphatic rings. The lowest BCUT2D eigenvalue weighted by atomic mass is 10.0. The molecule has 0 saturated carbocycles. The standard InChI is InChI=1S/C10H9F2NO2/c1-5-9(15-10(14)13-5)6-2-7(11)4-8(12)3-6/h2-5,9H,1H3,(H,13,14)/t5?,9-/m1/s1. The molecule has 1 N–H and O–H groups in total. The minimum Gasteiger partial charge on any atom is -0.439 e. The predicted molar refractivity (Wildman–Crippen MR) is 48.2 cm³/mol. The lowest BCUT2D eigenvalue weighted by molar-refractivity contribution is 0.133. The van der Waals surface area contributed by atoms with Gasteiger partial charge in [0.15, 0.2) is 0 Å². The molecule has 2 atom stereocenters. The molecular weight excluding hydrogens is 204 g/mol. The van der Waals surface area contributed by atoms with E-state index in [2.05, 4.69) is 5.32 Å². The summed E-state index contributed by atoms with van der Waals surface area (Å²) in [5.74, 6) is -1.36. The number of amides is 1. The highest BCUT2D eigenvalue weighted by Gasteiger charge is 2.32. The van der Waals surface area contributed by atoms with Crippen molar-refractivity contribution in [1.29, 1.82) is 0 Å². The third-order valence-electron chi connectivity index (χ3n) is 2.25. The van der Waals surface area contributed by atoms with Gasteiger partial charge in [-0.1, -0.05) is 0 Å². The average Bonchev–Trinajstić information content (AvgIpc) is 2.43. The molecule has 0 radical (unpaired) electrons. The van der Waals surface area contributed by atoms with Crippen molar-refractivity contribution in [3.8, 4) is 0 Å². The summed E-state index contributed by atoms with van der Waals surface area (Å²) in [6.45, 7) is 1.71. The first-order valence-corrected chi connectivity index (χ1v) is 4.49. The van der Waals surface area contributed by atoms with Gasteiger partial charge in [-0.25, -0.2) is 13.6 Å². The van der Waals surface area contributed by atoms with Crippen LogP contribution in [-0.2, 0) is 4.74 Å². The van der Waals surface area contributed by atoms with Crippen LogP contribution in [0.3, 0.4) is 0 Å². The number of ether oxygens (including phenoxy) is 1. The monoisotopic (exact) mass is 213 g/mol. The third kappa shape index (κ3) is 1.91. The van der Waals surface area contributed by atoms with E-state index in [4.69, 9.17) is 4.74 Å². The van der Waals surface area contributed by atoms with Gasteiger partial charge in [0.25, 0.3) is 0 Å². The normalized spacial score (nSPS) is 24.9. The Kier molecular flexibility index (Phi) is 2.30. The van der Waals surface area contributed by atoms with E-state index in [1.54, 1.807) is 6.92 Å². The first kappa shape index (κ1) is 9.89. The molecule has 15 heavy (non-hydrogen) atoms. The predicted octanol–water partition coefficient (Wildman–Crippen LogP) is 2.13. The maximum absolute atomic E-state index is 12.9. The summed E-state index contributed by atoms with van der Waals surface area (Å²) in [5.41, 5.74) is 0.318. The van der Waals surface area contributed by atoms with Crippen molar-refractivity contribution >= 4 is 6.09 Å². The molecule has 1 aromatic carbocycles. The lowest BCUT2D eigenvalue weighted by Gasteiger charge is -2.12. The van der Waals surface area contributed by atoms with Gasteiger partial charge in [-0.2, -0.15) is 0 Å². The van der Waals surface area contributed by atoms with E-state index in [0.717, 1.165) is 18.2 Å². The summed E-state index contributed by atoms with van der Waals surface area (Å²) < 4.78 is 30.7. The molecular formula is C10H9F2NO2. The molecule has 0 aliphatic carbocycles. The van der Waals surface area contributed by atoms with Crippen molar-refractivity contribution < 1.29 is 18.3 Å². The number of hydrogen-bond donors (Lipinski definition) is 1. The SMILES string of the molecule is CC1NC(=O)O[C@H]1c1cc(F)cc(F)c1. The fourth-order valence-corrected chi connectivity index (χ4v) is 1.61. The van der Waals surface area contributed by atoms with E-state index in [9.17, 15) is 13.6 Å². The van der Waals surface area contributed by atoms with Gasteiger partial charge in [0.2, 0.25) is 0 Å². The minimum atomic E-state index is -0.680. The molecule has 0 aromatic heterocycles. The topological polar surface area (TPSA) is 38.3 Å². The number of nitrogens with one attached hydrogen (secondary N) is 1. The number of carbonyl (C=O) groups is 1. The minimum absolute atomic E-state index is 0.293. The summed E-state index contributed by atoms with van der Waals surface area (Å²) >= 11 is 0. The van der Waals surface area contributed by atoms with E-state index in [0.29, 0.717) is 5.56 Å². The largest absolute Gasteiger partial charge is 0.439 e. The molecule has 1 saturated heterocycles. The second-order valence-electron chi connectivity index (χ2n) is 3.46. The zero-order valence-corrected chi connectivity index (χ0v) is 7.96. The van der Waals surface area contributed by atoms with Crippen LogP contribution in [-0.4, -0.2) is 12.1 Å². The van der Waals surface area contributed by atoms with Crippen molar-refractivity contribution in [1.82, 2.24) is 5.32 Å². The molecule has 1 heterocycles. The molecule has 0 spiro atoms. The quantitative estimate of drug-likeness (QED) is 0.776. The van der Waals surface area contributed by atoms with Crippen LogP contribution in [0.4, 0.5) is 13.6 Å². The molecule has 3 nitrogen and oxygen atoms in total. The molecule has 1 aromatic rings. The van der Waals surface area contributed by atoms with Gasteiger partial charge in [-0.05, 0) is 19.1 Å². The molecule has 1 fully saturated rings. The molecule has 1 unspecified atom stereocenters. The van der Waals surface area contributed by atoms with Crippen molar-refractivity contribution in [3.63, 3.8) is 0 Å². The molecule has 0 bridgehead atoms. The maximum atomic E-state index is 12.9.